The van der Waals surface area contributed by atoms with Crippen molar-refractivity contribution >= 4 is 41.5 Å². The van der Waals surface area contributed by atoms with Gasteiger partial charge in [0.25, 0.3) is 0 Å². The molecule has 1 fully saturated rings. The summed E-state index contributed by atoms with van der Waals surface area (Å²) >= 11 is 12.2. The van der Waals surface area contributed by atoms with Crippen LogP contribution in [-0.4, -0.2) is 18.3 Å². The van der Waals surface area contributed by atoms with Gasteiger partial charge in [0.1, 0.15) is 0 Å². The summed E-state index contributed by atoms with van der Waals surface area (Å²) in [6.45, 7) is 7.92. The van der Waals surface area contributed by atoms with Crippen molar-refractivity contribution in [3.05, 3.63) is 22.2 Å². The Morgan fingerprint density at radius 1 is 1.06 bits per heavy atom. The third-order valence-electron chi connectivity index (χ3n) is 3.60. The lowest BCUT2D eigenvalue weighted by molar-refractivity contribution is 0.00578. The third kappa shape index (κ3) is 2.23. The Hall–Kier alpha value is -0.415. The Kier molecular flexibility index (Phi) is 3.35. The Bertz CT molecular complexity index is 475. The van der Waals surface area contributed by atoms with Crippen molar-refractivity contribution in [1.29, 1.82) is 0 Å². The largest absolute Gasteiger partial charge is 0.496 e. The van der Waals surface area contributed by atoms with Crippen molar-refractivity contribution in [3.63, 3.8) is 0 Å². The summed E-state index contributed by atoms with van der Waals surface area (Å²) in [6.07, 6.45) is 0. The quantitative estimate of drug-likeness (QED) is 0.638. The zero-order valence-corrected chi connectivity index (χ0v) is 12.4. The zero-order chi connectivity index (χ0) is 13.7. The van der Waals surface area contributed by atoms with E-state index in [1.165, 1.54) is 0 Å². The maximum absolute atomic E-state index is 6.19. The lowest BCUT2D eigenvalue weighted by Crippen LogP contribution is -2.41. The normalized spacial score (nSPS) is 21.3. The molecular weight excluding hydrogens is 272 g/mol. The van der Waals surface area contributed by atoms with Gasteiger partial charge in [-0.3, -0.25) is 0 Å². The maximum Gasteiger partial charge on any atom is 0.496 e. The Morgan fingerprint density at radius 2 is 1.56 bits per heavy atom. The molecule has 1 saturated heterocycles. The highest BCUT2D eigenvalue weighted by Gasteiger charge is 2.52. The van der Waals surface area contributed by atoms with E-state index in [0.717, 1.165) is 0 Å². The van der Waals surface area contributed by atoms with Gasteiger partial charge in [-0.1, -0.05) is 23.2 Å². The van der Waals surface area contributed by atoms with Gasteiger partial charge in [0, 0.05) is 10.5 Å². The molecule has 0 aromatic heterocycles. The molecule has 0 radical (unpaired) electrons. The van der Waals surface area contributed by atoms with E-state index in [1.807, 2.05) is 27.7 Å². The lowest BCUT2D eigenvalue weighted by Gasteiger charge is -2.32. The minimum Gasteiger partial charge on any atom is -0.399 e. The molecule has 2 N–H and O–H groups in total. The molecule has 18 heavy (non-hydrogen) atoms. The van der Waals surface area contributed by atoms with E-state index in [2.05, 4.69) is 0 Å². The highest BCUT2D eigenvalue weighted by molar-refractivity contribution is 6.66. The summed E-state index contributed by atoms with van der Waals surface area (Å²) in [4.78, 5) is 0. The molecule has 0 bridgehead atoms. The Balaban J connectivity index is 2.41. The van der Waals surface area contributed by atoms with Gasteiger partial charge in [-0.05, 0) is 39.8 Å². The van der Waals surface area contributed by atoms with Crippen LogP contribution in [0.1, 0.15) is 27.7 Å². The van der Waals surface area contributed by atoms with Crippen LogP contribution >= 0.6 is 23.2 Å². The molecule has 3 nitrogen and oxygen atoms in total. The molecule has 0 unspecified atom stereocenters. The van der Waals surface area contributed by atoms with Crippen LogP contribution in [-0.2, 0) is 9.31 Å². The standard InChI is InChI=1S/C12H16BCl2NO2/c1-11(2)12(3,4)18-13(17-11)8-5-7(14)6-9(16)10(8)15/h5-6H,16H2,1-4H3. The Labute approximate surface area is 118 Å². The van der Waals surface area contributed by atoms with Crippen LogP contribution in [0.25, 0.3) is 0 Å². The van der Waals surface area contributed by atoms with Crippen LogP contribution in [0.15, 0.2) is 12.1 Å². The van der Waals surface area contributed by atoms with E-state index < -0.39 is 18.3 Å². The van der Waals surface area contributed by atoms with Crippen LogP contribution < -0.4 is 11.2 Å². The first-order valence-corrected chi connectivity index (χ1v) is 6.50. The van der Waals surface area contributed by atoms with Gasteiger partial charge in [0.2, 0.25) is 0 Å². The predicted molar refractivity (Wildman–Crippen MR) is 76.6 cm³/mol. The van der Waals surface area contributed by atoms with E-state index in [1.54, 1.807) is 12.1 Å². The first-order chi connectivity index (χ1) is 8.14. The van der Waals surface area contributed by atoms with Crippen molar-refractivity contribution < 1.29 is 9.31 Å². The fourth-order valence-corrected chi connectivity index (χ4v) is 2.21. The highest BCUT2D eigenvalue weighted by atomic mass is 35.5. The summed E-state index contributed by atoms with van der Waals surface area (Å²) in [6, 6.07) is 3.33. The van der Waals surface area contributed by atoms with Crippen molar-refractivity contribution in [2.75, 3.05) is 5.73 Å². The van der Waals surface area contributed by atoms with Gasteiger partial charge in [0.15, 0.2) is 0 Å². The molecule has 6 heteroatoms. The van der Waals surface area contributed by atoms with Crippen molar-refractivity contribution in [1.82, 2.24) is 0 Å². The van der Waals surface area contributed by atoms with Crippen LogP contribution in [0.4, 0.5) is 5.69 Å². The molecule has 1 aromatic rings. The maximum atomic E-state index is 6.19. The number of nitrogen functional groups attached to an aromatic ring is 1. The summed E-state index contributed by atoms with van der Waals surface area (Å²) in [7, 11) is -0.552. The van der Waals surface area contributed by atoms with Crippen LogP contribution in [0.3, 0.4) is 0 Å². The topological polar surface area (TPSA) is 44.5 Å². The number of halogens is 2. The molecule has 1 aliphatic heterocycles. The minimum absolute atomic E-state index is 0.419. The second kappa shape index (κ2) is 4.31. The molecule has 98 valence electrons. The lowest BCUT2D eigenvalue weighted by atomic mass is 9.79. The van der Waals surface area contributed by atoms with Crippen molar-refractivity contribution in [3.8, 4) is 0 Å². The van der Waals surface area contributed by atoms with Crippen LogP contribution in [0, 0.1) is 0 Å². The van der Waals surface area contributed by atoms with Gasteiger partial charge in [-0.15, -0.1) is 0 Å². The van der Waals surface area contributed by atoms with E-state index in [0.29, 0.717) is 21.2 Å². The smallest absolute Gasteiger partial charge is 0.399 e. The fourth-order valence-electron chi connectivity index (χ4n) is 1.77. The van der Waals surface area contributed by atoms with E-state index >= 15 is 0 Å². The molecule has 0 atom stereocenters. The molecule has 1 heterocycles. The van der Waals surface area contributed by atoms with Crippen molar-refractivity contribution in [2.24, 2.45) is 0 Å². The van der Waals surface area contributed by atoms with Gasteiger partial charge < -0.3 is 15.0 Å². The number of anilines is 1. The second-order valence-electron chi connectivity index (χ2n) is 5.49. The average molecular weight is 288 g/mol. The molecule has 0 saturated carbocycles. The average Bonchev–Trinajstić information content (AvgIpc) is 2.42. The van der Waals surface area contributed by atoms with Crippen LogP contribution in [0.2, 0.25) is 10.0 Å². The number of nitrogens with two attached hydrogens (primary N) is 1. The van der Waals surface area contributed by atoms with Gasteiger partial charge in [0.05, 0.1) is 21.9 Å². The van der Waals surface area contributed by atoms with Gasteiger partial charge in [-0.2, -0.15) is 0 Å². The fraction of sp³-hybridized carbons (Fsp3) is 0.500. The van der Waals surface area contributed by atoms with E-state index in [9.17, 15) is 0 Å². The number of hydrogen-bond acceptors (Lipinski definition) is 3. The number of hydrogen-bond donors (Lipinski definition) is 1. The van der Waals surface area contributed by atoms with Gasteiger partial charge in [-0.25, -0.2) is 0 Å². The predicted octanol–water partition coefficient (Wildman–Crippen LogP) is 2.87. The van der Waals surface area contributed by atoms with Crippen LogP contribution in [0.5, 0.6) is 0 Å². The molecule has 2 rings (SSSR count). The number of benzene rings is 1. The highest BCUT2D eigenvalue weighted by Crippen LogP contribution is 2.37. The summed E-state index contributed by atoms with van der Waals surface area (Å²) in [5.41, 5.74) is 6.05. The van der Waals surface area contributed by atoms with Crippen molar-refractivity contribution in [2.45, 2.75) is 38.9 Å². The van der Waals surface area contributed by atoms with E-state index in [4.69, 9.17) is 38.2 Å². The number of rotatable bonds is 1. The summed E-state index contributed by atoms with van der Waals surface area (Å²) < 4.78 is 11.8. The summed E-state index contributed by atoms with van der Waals surface area (Å²) in [5, 5.41) is 0.944. The first-order valence-electron chi connectivity index (χ1n) is 5.74. The SMILES string of the molecule is CC1(C)OB(c2cc(Cl)cc(N)c2Cl)OC1(C)C. The zero-order valence-electron chi connectivity index (χ0n) is 10.9. The molecule has 0 aliphatic carbocycles. The molecule has 0 spiro atoms. The third-order valence-corrected chi connectivity index (χ3v) is 4.26. The second-order valence-corrected chi connectivity index (χ2v) is 6.30. The molecule has 1 aromatic carbocycles. The molecule has 0 amide bonds. The Morgan fingerprint density at radius 3 is 2.06 bits per heavy atom. The minimum atomic E-state index is -0.552. The van der Waals surface area contributed by atoms with E-state index in [-0.39, 0.29) is 0 Å². The first kappa shape index (κ1) is 14.0. The molecular formula is C12H16BCl2NO2. The monoisotopic (exact) mass is 287 g/mol. The molecule has 1 aliphatic rings. The van der Waals surface area contributed by atoms with Gasteiger partial charge >= 0.3 is 7.12 Å². The summed E-state index contributed by atoms with van der Waals surface area (Å²) in [5.74, 6) is 0.